The van der Waals surface area contributed by atoms with Crippen LogP contribution in [0.1, 0.15) is 0 Å². The minimum absolute atomic E-state index is 0.233. The third-order valence-corrected chi connectivity index (χ3v) is 6.63. The van der Waals surface area contributed by atoms with Gasteiger partial charge in [0.15, 0.2) is 28.2 Å². The molecule has 0 atom stereocenters. The van der Waals surface area contributed by atoms with E-state index in [4.69, 9.17) is 21.7 Å². The maximum atomic E-state index is 13.2. The number of hydrogen-bond acceptors (Lipinski definition) is 7. The van der Waals surface area contributed by atoms with Gasteiger partial charge in [0.1, 0.15) is 5.82 Å². The Hall–Kier alpha value is -4.18. The normalized spacial score (nSPS) is 14.7. The number of nitrogens with one attached hydrogen (secondary N) is 2. The molecule has 4 aromatic rings. The number of ether oxygens (including phenoxy) is 2. The topological polar surface area (TPSA) is 74.8 Å². The third-order valence-electron chi connectivity index (χ3n) is 6.27. The van der Waals surface area contributed by atoms with Crippen LogP contribution in [0.5, 0.6) is 11.5 Å². The van der Waals surface area contributed by atoms with E-state index in [0.29, 0.717) is 16.7 Å². The molecule has 2 aliphatic heterocycles. The number of hydrogen-bond donors (Lipinski definition) is 2. The fourth-order valence-electron chi connectivity index (χ4n) is 4.38. The second-order valence-electron chi connectivity index (χ2n) is 8.52. The summed E-state index contributed by atoms with van der Waals surface area (Å²) >= 11 is 5.58. The second kappa shape index (κ2) is 9.46. The van der Waals surface area contributed by atoms with Crippen LogP contribution in [-0.2, 0) is 0 Å². The molecule has 8 nitrogen and oxygen atoms in total. The Kier molecular flexibility index (Phi) is 5.86. The number of fused-ring (bicyclic) bond motifs is 2. The van der Waals surface area contributed by atoms with E-state index in [1.54, 1.807) is 12.1 Å². The summed E-state index contributed by atoms with van der Waals surface area (Å²) in [7, 11) is 0. The lowest BCUT2D eigenvalue weighted by molar-refractivity contribution is 0.174. The molecular weight excluding hydrogens is 479 g/mol. The van der Waals surface area contributed by atoms with E-state index in [1.807, 2.05) is 36.4 Å². The van der Waals surface area contributed by atoms with E-state index >= 15 is 0 Å². The summed E-state index contributed by atoms with van der Waals surface area (Å²) in [6.07, 6.45) is 0. The van der Waals surface area contributed by atoms with Gasteiger partial charge in [0, 0.05) is 54.4 Å². The maximum Gasteiger partial charge on any atom is 0.231 e. The fraction of sp³-hybridized carbons (Fsp3) is 0.192. The zero-order valence-electron chi connectivity index (χ0n) is 19.3. The predicted molar refractivity (Wildman–Crippen MR) is 142 cm³/mol. The summed E-state index contributed by atoms with van der Waals surface area (Å²) in [5, 5.41) is 18.3. The quantitative estimate of drug-likeness (QED) is 0.384. The third kappa shape index (κ3) is 4.42. The van der Waals surface area contributed by atoms with Gasteiger partial charge in [-0.15, -0.1) is 10.2 Å². The summed E-state index contributed by atoms with van der Waals surface area (Å²) in [6, 6.07) is 20.0. The fourth-order valence-corrected chi connectivity index (χ4v) is 4.68. The lowest BCUT2D eigenvalue weighted by atomic mass is 10.1. The number of nitrogens with zero attached hydrogens (tertiary/aromatic N) is 4. The van der Waals surface area contributed by atoms with Crippen molar-refractivity contribution in [3.05, 3.63) is 72.5 Å². The van der Waals surface area contributed by atoms with Crippen molar-refractivity contribution in [3.63, 3.8) is 0 Å². The molecule has 1 fully saturated rings. The summed E-state index contributed by atoms with van der Waals surface area (Å²) in [5.74, 6) is 2.69. The highest BCUT2D eigenvalue weighted by atomic mass is 32.1. The molecule has 6 rings (SSSR count). The van der Waals surface area contributed by atoms with Gasteiger partial charge in [-0.2, -0.15) is 0 Å². The van der Waals surface area contributed by atoms with Crippen LogP contribution in [0.4, 0.5) is 27.4 Å². The Morgan fingerprint density at radius 2 is 1.56 bits per heavy atom. The van der Waals surface area contributed by atoms with Crippen LogP contribution in [0.2, 0.25) is 0 Å². The van der Waals surface area contributed by atoms with Gasteiger partial charge in [-0.1, -0.05) is 24.3 Å². The largest absolute Gasteiger partial charge is 0.454 e. The number of halogens is 1. The Morgan fingerprint density at radius 1 is 0.833 bits per heavy atom. The van der Waals surface area contributed by atoms with E-state index in [2.05, 4.69) is 36.7 Å². The summed E-state index contributed by atoms with van der Waals surface area (Å²) < 4.78 is 24.1. The number of piperazine rings is 1. The lowest BCUT2D eigenvalue weighted by Gasteiger charge is -2.37. The maximum absolute atomic E-state index is 13.2. The van der Waals surface area contributed by atoms with Crippen molar-refractivity contribution in [3.8, 4) is 11.5 Å². The van der Waals surface area contributed by atoms with Gasteiger partial charge in [-0.05, 0) is 48.6 Å². The molecule has 36 heavy (non-hydrogen) atoms. The first-order valence-electron chi connectivity index (χ1n) is 11.6. The molecule has 1 aromatic heterocycles. The average molecular weight is 503 g/mol. The number of thiocarbonyl (C=S) groups is 1. The number of aromatic nitrogens is 2. The molecule has 0 spiro atoms. The molecule has 2 N–H and O–H groups in total. The van der Waals surface area contributed by atoms with Crippen molar-refractivity contribution in [2.45, 2.75) is 0 Å². The highest BCUT2D eigenvalue weighted by Crippen LogP contribution is 2.36. The van der Waals surface area contributed by atoms with E-state index in [9.17, 15) is 4.39 Å². The van der Waals surface area contributed by atoms with Crippen LogP contribution in [0.25, 0.3) is 10.8 Å². The van der Waals surface area contributed by atoms with Crippen molar-refractivity contribution in [1.82, 2.24) is 15.1 Å². The SMILES string of the molecule is Fc1ccc(NC(=S)N2CCN(c3nnc(Nc4ccc5c(c4)OCO5)c4ccccc34)CC2)cc1. The molecule has 1 saturated heterocycles. The average Bonchev–Trinajstić information content (AvgIpc) is 3.38. The lowest BCUT2D eigenvalue weighted by Crippen LogP contribution is -2.50. The van der Waals surface area contributed by atoms with Crippen molar-refractivity contribution in [2.75, 3.05) is 48.5 Å². The Bertz CT molecular complexity index is 1430. The summed E-state index contributed by atoms with van der Waals surface area (Å²) in [5.41, 5.74) is 1.62. The first kappa shape index (κ1) is 22.3. The van der Waals surface area contributed by atoms with Crippen LogP contribution in [-0.4, -0.2) is 53.2 Å². The van der Waals surface area contributed by atoms with Crippen LogP contribution in [0.15, 0.2) is 66.7 Å². The molecule has 3 aromatic carbocycles. The van der Waals surface area contributed by atoms with Gasteiger partial charge < -0.3 is 29.9 Å². The number of anilines is 4. The van der Waals surface area contributed by atoms with Crippen molar-refractivity contribution in [2.24, 2.45) is 0 Å². The predicted octanol–water partition coefficient (Wildman–Crippen LogP) is 4.76. The van der Waals surface area contributed by atoms with E-state index in [0.717, 1.165) is 59.9 Å². The highest BCUT2D eigenvalue weighted by Gasteiger charge is 2.23. The highest BCUT2D eigenvalue weighted by molar-refractivity contribution is 7.80. The van der Waals surface area contributed by atoms with Gasteiger partial charge in [0.2, 0.25) is 6.79 Å². The van der Waals surface area contributed by atoms with Crippen LogP contribution >= 0.6 is 12.2 Å². The Balaban J connectivity index is 1.17. The van der Waals surface area contributed by atoms with E-state index in [-0.39, 0.29) is 12.6 Å². The summed E-state index contributed by atoms with van der Waals surface area (Å²) in [6.45, 7) is 3.20. The first-order chi connectivity index (χ1) is 17.6. The molecule has 10 heteroatoms. The van der Waals surface area contributed by atoms with E-state index in [1.165, 1.54) is 12.1 Å². The Morgan fingerprint density at radius 3 is 2.36 bits per heavy atom. The van der Waals surface area contributed by atoms with Gasteiger partial charge >= 0.3 is 0 Å². The van der Waals surface area contributed by atoms with Gasteiger partial charge in [-0.3, -0.25) is 0 Å². The zero-order valence-corrected chi connectivity index (χ0v) is 20.1. The molecule has 0 radical (unpaired) electrons. The van der Waals surface area contributed by atoms with Crippen molar-refractivity contribution < 1.29 is 13.9 Å². The standard InChI is InChI=1S/C26H23FN6O2S/c27-17-5-7-18(8-6-17)29-26(36)33-13-11-32(12-14-33)25-21-4-2-1-3-20(21)24(30-31-25)28-19-9-10-22-23(15-19)35-16-34-22/h1-10,15H,11-14,16H2,(H,28,30)(H,29,36). The molecule has 182 valence electrons. The van der Waals surface area contributed by atoms with Crippen LogP contribution in [0, 0.1) is 5.82 Å². The molecule has 0 unspecified atom stereocenters. The van der Waals surface area contributed by atoms with E-state index < -0.39 is 0 Å². The minimum atomic E-state index is -0.273. The van der Waals surface area contributed by atoms with Crippen molar-refractivity contribution in [1.29, 1.82) is 0 Å². The number of benzene rings is 3. The monoisotopic (exact) mass is 502 g/mol. The second-order valence-corrected chi connectivity index (χ2v) is 8.91. The van der Waals surface area contributed by atoms with Gasteiger partial charge in [0.05, 0.1) is 0 Å². The molecule has 0 bridgehead atoms. The molecule has 0 aliphatic carbocycles. The van der Waals surface area contributed by atoms with Crippen LogP contribution in [0.3, 0.4) is 0 Å². The number of rotatable bonds is 4. The van der Waals surface area contributed by atoms with Crippen molar-refractivity contribution >= 4 is 51.1 Å². The molecule has 3 heterocycles. The molecule has 0 saturated carbocycles. The van der Waals surface area contributed by atoms with Gasteiger partial charge in [0.25, 0.3) is 0 Å². The molecule has 0 amide bonds. The van der Waals surface area contributed by atoms with Gasteiger partial charge in [-0.25, -0.2) is 4.39 Å². The zero-order chi connectivity index (χ0) is 24.5. The van der Waals surface area contributed by atoms with Crippen LogP contribution < -0.4 is 25.0 Å². The Labute approximate surface area is 212 Å². The smallest absolute Gasteiger partial charge is 0.231 e. The minimum Gasteiger partial charge on any atom is -0.454 e. The first-order valence-corrected chi connectivity index (χ1v) is 12.0. The molecular formula is C26H23FN6O2S. The summed E-state index contributed by atoms with van der Waals surface area (Å²) in [4.78, 5) is 4.34. The molecule has 2 aliphatic rings.